The second-order valence-corrected chi connectivity index (χ2v) is 8.52. The highest BCUT2D eigenvalue weighted by molar-refractivity contribution is 7.10. The standard InChI is InChI=1S/C16H27NS/c1-12-6-7-18-14(12)10-17-13-8-15(2,3)11-16(4,5)9-13/h6-7,13,17H,8-11H2,1-5H3. The molecule has 0 unspecified atom stereocenters. The molecule has 1 N–H and O–H groups in total. The van der Waals surface area contributed by atoms with Crippen molar-refractivity contribution in [2.75, 3.05) is 0 Å². The Labute approximate surface area is 116 Å². The van der Waals surface area contributed by atoms with Gasteiger partial charge in [0.15, 0.2) is 0 Å². The van der Waals surface area contributed by atoms with Gasteiger partial charge in [-0.05, 0) is 54.0 Å². The molecule has 1 nitrogen and oxygen atoms in total. The van der Waals surface area contributed by atoms with Gasteiger partial charge in [-0.15, -0.1) is 11.3 Å². The van der Waals surface area contributed by atoms with Gasteiger partial charge in [-0.3, -0.25) is 0 Å². The van der Waals surface area contributed by atoms with Gasteiger partial charge in [0.2, 0.25) is 0 Å². The molecule has 1 aliphatic rings. The first-order valence-corrected chi connectivity index (χ1v) is 7.92. The monoisotopic (exact) mass is 265 g/mol. The predicted octanol–water partition coefficient (Wildman–Crippen LogP) is 4.75. The fourth-order valence-electron chi connectivity index (χ4n) is 3.81. The zero-order chi connectivity index (χ0) is 13.4. The number of nitrogens with one attached hydrogen (secondary N) is 1. The highest BCUT2D eigenvalue weighted by atomic mass is 32.1. The topological polar surface area (TPSA) is 12.0 Å². The molecule has 18 heavy (non-hydrogen) atoms. The molecular formula is C16H27NS. The Bertz CT molecular complexity index is 387. The number of thiophene rings is 1. The highest BCUT2D eigenvalue weighted by Gasteiger charge is 2.38. The number of hydrogen-bond donors (Lipinski definition) is 1. The van der Waals surface area contributed by atoms with Crippen molar-refractivity contribution in [3.05, 3.63) is 21.9 Å². The molecule has 0 spiro atoms. The van der Waals surface area contributed by atoms with Crippen molar-refractivity contribution in [3.63, 3.8) is 0 Å². The summed E-state index contributed by atoms with van der Waals surface area (Å²) in [6, 6.07) is 2.89. The Morgan fingerprint density at radius 1 is 1.22 bits per heavy atom. The Balaban J connectivity index is 1.95. The van der Waals surface area contributed by atoms with E-state index in [1.807, 2.05) is 11.3 Å². The van der Waals surface area contributed by atoms with Crippen molar-refractivity contribution >= 4 is 11.3 Å². The van der Waals surface area contributed by atoms with Crippen molar-refractivity contribution in [1.29, 1.82) is 0 Å². The smallest absolute Gasteiger partial charge is 0.0304 e. The van der Waals surface area contributed by atoms with E-state index in [-0.39, 0.29) is 0 Å². The van der Waals surface area contributed by atoms with E-state index >= 15 is 0 Å². The minimum Gasteiger partial charge on any atom is -0.309 e. The van der Waals surface area contributed by atoms with Gasteiger partial charge >= 0.3 is 0 Å². The van der Waals surface area contributed by atoms with Crippen LogP contribution in [-0.4, -0.2) is 6.04 Å². The Hall–Kier alpha value is -0.340. The third kappa shape index (κ3) is 3.58. The molecule has 0 aliphatic heterocycles. The number of hydrogen-bond acceptors (Lipinski definition) is 2. The van der Waals surface area contributed by atoms with Crippen molar-refractivity contribution in [2.24, 2.45) is 10.8 Å². The third-order valence-electron chi connectivity index (χ3n) is 4.07. The summed E-state index contributed by atoms with van der Waals surface area (Å²) in [5.41, 5.74) is 2.38. The molecule has 102 valence electrons. The lowest BCUT2D eigenvalue weighted by Crippen LogP contribution is -2.43. The molecule has 1 fully saturated rings. The molecule has 0 saturated heterocycles. The van der Waals surface area contributed by atoms with Crippen molar-refractivity contribution in [1.82, 2.24) is 5.32 Å². The average molecular weight is 265 g/mol. The SMILES string of the molecule is Cc1ccsc1CNC1CC(C)(C)CC(C)(C)C1. The van der Waals surface area contributed by atoms with Crippen molar-refractivity contribution < 1.29 is 0 Å². The molecule has 1 aromatic heterocycles. The summed E-state index contributed by atoms with van der Waals surface area (Å²) in [6.45, 7) is 12.9. The van der Waals surface area contributed by atoms with Crippen LogP contribution in [0.3, 0.4) is 0 Å². The van der Waals surface area contributed by atoms with Gasteiger partial charge in [-0.1, -0.05) is 27.7 Å². The summed E-state index contributed by atoms with van der Waals surface area (Å²) < 4.78 is 0. The quantitative estimate of drug-likeness (QED) is 0.831. The first kappa shape index (κ1) is 14.1. The zero-order valence-electron chi connectivity index (χ0n) is 12.5. The summed E-state index contributed by atoms with van der Waals surface area (Å²) in [6.07, 6.45) is 3.96. The van der Waals surface area contributed by atoms with Crippen LogP contribution in [0.4, 0.5) is 0 Å². The third-order valence-corrected chi connectivity index (χ3v) is 5.10. The molecule has 2 rings (SSSR count). The van der Waals surface area contributed by atoms with E-state index in [4.69, 9.17) is 0 Å². The number of rotatable bonds is 3. The second-order valence-electron chi connectivity index (χ2n) is 7.52. The van der Waals surface area contributed by atoms with E-state index in [2.05, 4.69) is 51.4 Å². The lowest BCUT2D eigenvalue weighted by molar-refractivity contribution is 0.0846. The summed E-state index contributed by atoms with van der Waals surface area (Å²) in [7, 11) is 0. The van der Waals surface area contributed by atoms with Gasteiger partial charge in [-0.2, -0.15) is 0 Å². The van der Waals surface area contributed by atoms with Gasteiger partial charge in [0, 0.05) is 17.5 Å². The lowest BCUT2D eigenvalue weighted by Gasteiger charge is -2.45. The normalized spacial score (nSPS) is 23.2. The molecule has 1 saturated carbocycles. The number of aryl methyl sites for hydroxylation is 1. The lowest BCUT2D eigenvalue weighted by atomic mass is 9.63. The van der Waals surface area contributed by atoms with Crippen LogP contribution in [-0.2, 0) is 6.54 Å². The molecule has 0 atom stereocenters. The summed E-state index contributed by atoms with van der Waals surface area (Å²) in [5.74, 6) is 0. The maximum atomic E-state index is 3.79. The molecule has 0 amide bonds. The Morgan fingerprint density at radius 2 is 1.83 bits per heavy atom. The maximum Gasteiger partial charge on any atom is 0.0304 e. The van der Waals surface area contributed by atoms with Crippen LogP contribution >= 0.6 is 11.3 Å². The van der Waals surface area contributed by atoms with E-state index in [9.17, 15) is 0 Å². The molecule has 1 aromatic rings. The van der Waals surface area contributed by atoms with E-state index in [1.165, 1.54) is 29.7 Å². The van der Waals surface area contributed by atoms with Crippen LogP contribution in [0, 0.1) is 17.8 Å². The van der Waals surface area contributed by atoms with E-state index in [0.717, 1.165) is 6.54 Å². The van der Waals surface area contributed by atoms with Gasteiger partial charge < -0.3 is 5.32 Å². The summed E-state index contributed by atoms with van der Waals surface area (Å²) >= 11 is 1.88. The molecular weight excluding hydrogens is 238 g/mol. The predicted molar refractivity (Wildman–Crippen MR) is 81.1 cm³/mol. The van der Waals surface area contributed by atoms with Gasteiger partial charge in [-0.25, -0.2) is 0 Å². The molecule has 1 heterocycles. The van der Waals surface area contributed by atoms with Crippen LogP contribution in [0.25, 0.3) is 0 Å². The minimum atomic E-state index is 0.476. The average Bonchev–Trinajstić information content (AvgIpc) is 2.56. The van der Waals surface area contributed by atoms with Gasteiger partial charge in [0.1, 0.15) is 0 Å². The highest BCUT2D eigenvalue weighted by Crippen LogP contribution is 2.45. The first-order chi connectivity index (χ1) is 8.27. The van der Waals surface area contributed by atoms with E-state index < -0.39 is 0 Å². The minimum absolute atomic E-state index is 0.476. The summed E-state index contributed by atoms with van der Waals surface area (Å²) in [4.78, 5) is 1.50. The molecule has 0 aromatic carbocycles. The molecule has 2 heteroatoms. The largest absolute Gasteiger partial charge is 0.309 e. The van der Waals surface area contributed by atoms with Crippen molar-refractivity contribution in [3.8, 4) is 0 Å². The van der Waals surface area contributed by atoms with E-state index in [0.29, 0.717) is 16.9 Å². The molecule has 0 radical (unpaired) electrons. The zero-order valence-corrected chi connectivity index (χ0v) is 13.3. The van der Waals surface area contributed by atoms with Crippen LogP contribution in [0.15, 0.2) is 11.4 Å². The summed E-state index contributed by atoms with van der Waals surface area (Å²) in [5, 5.41) is 5.98. The molecule has 0 bridgehead atoms. The fraction of sp³-hybridized carbons (Fsp3) is 0.750. The van der Waals surface area contributed by atoms with Gasteiger partial charge in [0.25, 0.3) is 0 Å². The Morgan fingerprint density at radius 3 is 2.33 bits per heavy atom. The van der Waals surface area contributed by atoms with Crippen LogP contribution in [0.2, 0.25) is 0 Å². The van der Waals surface area contributed by atoms with Crippen LogP contribution < -0.4 is 5.32 Å². The maximum absolute atomic E-state index is 3.79. The van der Waals surface area contributed by atoms with Crippen LogP contribution in [0.1, 0.15) is 57.4 Å². The Kier molecular flexibility index (Phi) is 3.89. The van der Waals surface area contributed by atoms with Gasteiger partial charge in [0.05, 0.1) is 0 Å². The van der Waals surface area contributed by atoms with Crippen molar-refractivity contribution in [2.45, 2.75) is 66.5 Å². The first-order valence-electron chi connectivity index (χ1n) is 7.04. The fourth-order valence-corrected chi connectivity index (χ4v) is 4.67. The van der Waals surface area contributed by atoms with Crippen LogP contribution in [0.5, 0.6) is 0 Å². The molecule has 1 aliphatic carbocycles. The van der Waals surface area contributed by atoms with E-state index in [1.54, 1.807) is 0 Å². The second kappa shape index (κ2) is 4.97.